The van der Waals surface area contributed by atoms with E-state index in [0.29, 0.717) is 0 Å². The minimum absolute atomic E-state index is 0.0397. The molecule has 0 radical (unpaired) electrons. The van der Waals surface area contributed by atoms with E-state index in [0.717, 1.165) is 16.9 Å². The Balaban J connectivity index is 2.10. The molecular weight excluding hydrogens is 282 g/mol. The van der Waals surface area contributed by atoms with E-state index in [1.807, 2.05) is 12.1 Å². The molecule has 6 heteroatoms. The zero-order valence-electron chi connectivity index (χ0n) is 12.3. The number of carbonyl (C=O) groups excluding carboxylic acids is 1. The van der Waals surface area contributed by atoms with Crippen molar-refractivity contribution in [1.29, 1.82) is 0 Å². The molecule has 2 aromatic rings. The number of nitro benzene ring substituents is 1. The van der Waals surface area contributed by atoms with Crippen LogP contribution in [-0.4, -0.2) is 24.1 Å². The standard InChI is InChI=1S/C16H15N3O3/c1-12(20)18(2)15-9-5-14(6-10-15)17-11-13-3-7-16(8-4-13)19(21)22/h3-11H,1-2H3. The lowest BCUT2D eigenvalue weighted by atomic mass is 10.2. The summed E-state index contributed by atoms with van der Waals surface area (Å²) in [4.78, 5) is 27.2. The minimum Gasteiger partial charge on any atom is -0.316 e. The second-order valence-electron chi connectivity index (χ2n) is 4.70. The molecule has 0 aliphatic rings. The predicted octanol–water partition coefficient (Wildman–Crippen LogP) is 3.33. The fourth-order valence-corrected chi connectivity index (χ4v) is 1.78. The fraction of sp³-hybridized carbons (Fsp3) is 0.125. The molecule has 0 bridgehead atoms. The highest BCUT2D eigenvalue weighted by molar-refractivity contribution is 5.91. The van der Waals surface area contributed by atoms with E-state index in [9.17, 15) is 14.9 Å². The highest BCUT2D eigenvalue weighted by Gasteiger charge is 2.04. The highest BCUT2D eigenvalue weighted by atomic mass is 16.6. The molecular formula is C16H15N3O3. The first-order valence-electron chi connectivity index (χ1n) is 6.60. The molecule has 112 valence electrons. The van der Waals surface area contributed by atoms with Crippen molar-refractivity contribution in [2.75, 3.05) is 11.9 Å². The normalized spacial score (nSPS) is 10.6. The number of non-ortho nitro benzene ring substituents is 1. The molecule has 0 N–H and O–H groups in total. The van der Waals surface area contributed by atoms with Crippen molar-refractivity contribution in [2.45, 2.75) is 6.92 Å². The van der Waals surface area contributed by atoms with Crippen LogP contribution in [0.3, 0.4) is 0 Å². The Morgan fingerprint density at radius 3 is 2.23 bits per heavy atom. The van der Waals surface area contributed by atoms with Crippen molar-refractivity contribution < 1.29 is 9.72 Å². The molecule has 1 amide bonds. The molecule has 0 heterocycles. The van der Waals surface area contributed by atoms with Gasteiger partial charge in [0.1, 0.15) is 0 Å². The number of hydrogen-bond donors (Lipinski definition) is 0. The number of nitrogens with zero attached hydrogens (tertiary/aromatic N) is 3. The van der Waals surface area contributed by atoms with Gasteiger partial charge in [-0.2, -0.15) is 0 Å². The molecule has 0 unspecified atom stereocenters. The summed E-state index contributed by atoms with van der Waals surface area (Å²) in [6.07, 6.45) is 1.63. The number of aliphatic imine (C=N–C) groups is 1. The number of carbonyl (C=O) groups is 1. The van der Waals surface area contributed by atoms with E-state index in [4.69, 9.17) is 0 Å². The van der Waals surface area contributed by atoms with E-state index in [1.165, 1.54) is 19.1 Å². The van der Waals surface area contributed by atoms with E-state index in [-0.39, 0.29) is 11.6 Å². The second kappa shape index (κ2) is 6.62. The van der Waals surface area contributed by atoms with Crippen LogP contribution in [0.25, 0.3) is 0 Å². The van der Waals surface area contributed by atoms with Crippen LogP contribution in [0.1, 0.15) is 12.5 Å². The molecule has 0 fully saturated rings. The minimum atomic E-state index is -0.439. The summed E-state index contributed by atoms with van der Waals surface area (Å²) < 4.78 is 0. The van der Waals surface area contributed by atoms with Gasteiger partial charge in [0.05, 0.1) is 10.6 Å². The van der Waals surface area contributed by atoms with Crippen LogP contribution in [0, 0.1) is 10.1 Å². The Labute approximate surface area is 127 Å². The van der Waals surface area contributed by atoms with Crippen LogP contribution in [0.2, 0.25) is 0 Å². The van der Waals surface area contributed by atoms with Crippen molar-refractivity contribution in [2.24, 2.45) is 4.99 Å². The summed E-state index contributed by atoms with van der Waals surface area (Å²) in [6.45, 7) is 1.50. The maximum Gasteiger partial charge on any atom is 0.269 e. The lowest BCUT2D eigenvalue weighted by Gasteiger charge is -2.14. The van der Waals surface area contributed by atoms with Crippen molar-refractivity contribution in [3.05, 3.63) is 64.2 Å². The van der Waals surface area contributed by atoms with Gasteiger partial charge >= 0.3 is 0 Å². The van der Waals surface area contributed by atoms with Gasteiger partial charge in [-0.15, -0.1) is 0 Å². The van der Waals surface area contributed by atoms with Crippen molar-refractivity contribution in [1.82, 2.24) is 0 Å². The lowest BCUT2D eigenvalue weighted by molar-refractivity contribution is -0.384. The molecule has 0 spiro atoms. The van der Waals surface area contributed by atoms with E-state index in [1.54, 1.807) is 42.4 Å². The van der Waals surface area contributed by atoms with E-state index >= 15 is 0 Å². The van der Waals surface area contributed by atoms with Gasteiger partial charge in [-0.3, -0.25) is 19.9 Å². The highest BCUT2D eigenvalue weighted by Crippen LogP contribution is 2.19. The molecule has 2 aromatic carbocycles. The Bertz CT molecular complexity index is 706. The molecule has 0 saturated carbocycles. The summed E-state index contributed by atoms with van der Waals surface area (Å²) in [6, 6.07) is 13.4. The van der Waals surface area contributed by atoms with Crippen molar-refractivity contribution in [3.63, 3.8) is 0 Å². The van der Waals surface area contributed by atoms with Gasteiger partial charge < -0.3 is 4.90 Å². The van der Waals surface area contributed by atoms with E-state index < -0.39 is 4.92 Å². The summed E-state index contributed by atoms with van der Waals surface area (Å²) in [5, 5.41) is 10.6. The number of nitro groups is 1. The van der Waals surface area contributed by atoms with Crippen LogP contribution in [0.15, 0.2) is 53.5 Å². The van der Waals surface area contributed by atoms with Crippen LogP contribution in [0.4, 0.5) is 17.1 Å². The SMILES string of the molecule is CC(=O)N(C)c1ccc(N=Cc2ccc([N+](=O)[O-])cc2)cc1. The van der Waals surface area contributed by atoms with Crippen LogP contribution in [0.5, 0.6) is 0 Å². The summed E-state index contributed by atoms with van der Waals surface area (Å²) >= 11 is 0. The van der Waals surface area contributed by atoms with Crippen LogP contribution >= 0.6 is 0 Å². The monoisotopic (exact) mass is 297 g/mol. The van der Waals surface area contributed by atoms with Crippen LogP contribution < -0.4 is 4.90 Å². The molecule has 0 saturated heterocycles. The zero-order chi connectivity index (χ0) is 16.1. The lowest BCUT2D eigenvalue weighted by Crippen LogP contribution is -2.22. The number of hydrogen-bond acceptors (Lipinski definition) is 4. The van der Waals surface area contributed by atoms with E-state index in [2.05, 4.69) is 4.99 Å². The molecule has 6 nitrogen and oxygen atoms in total. The number of anilines is 1. The average molecular weight is 297 g/mol. The topological polar surface area (TPSA) is 75.8 Å². The molecule has 0 aliphatic carbocycles. The Hall–Kier alpha value is -3.02. The Morgan fingerprint density at radius 2 is 1.73 bits per heavy atom. The predicted molar refractivity (Wildman–Crippen MR) is 85.9 cm³/mol. The van der Waals surface area contributed by atoms with Gasteiger partial charge in [-0.25, -0.2) is 0 Å². The van der Waals surface area contributed by atoms with Gasteiger partial charge in [0, 0.05) is 38.0 Å². The second-order valence-corrected chi connectivity index (χ2v) is 4.70. The smallest absolute Gasteiger partial charge is 0.269 e. The van der Waals surface area contributed by atoms with Crippen LogP contribution in [-0.2, 0) is 4.79 Å². The van der Waals surface area contributed by atoms with Crippen molar-refractivity contribution in [3.8, 4) is 0 Å². The summed E-state index contributed by atoms with van der Waals surface area (Å²) in [5.74, 6) is -0.0397. The molecule has 0 atom stereocenters. The Kier molecular flexibility index (Phi) is 4.63. The first-order chi connectivity index (χ1) is 10.5. The maximum atomic E-state index is 11.3. The number of rotatable bonds is 4. The molecule has 0 aliphatic heterocycles. The zero-order valence-corrected chi connectivity index (χ0v) is 12.3. The van der Waals surface area contributed by atoms with Gasteiger partial charge in [0.15, 0.2) is 0 Å². The fourth-order valence-electron chi connectivity index (χ4n) is 1.78. The van der Waals surface area contributed by atoms with Gasteiger partial charge in [0.2, 0.25) is 5.91 Å². The third kappa shape index (κ3) is 3.76. The number of amides is 1. The summed E-state index contributed by atoms with van der Waals surface area (Å²) in [5.41, 5.74) is 2.35. The first-order valence-corrected chi connectivity index (χ1v) is 6.60. The van der Waals surface area contributed by atoms with Gasteiger partial charge in [0.25, 0.3) is 5.69 Å². The molecule has 0 aromatic heterocycles. The largest absolute Gasteiger partial charge is 0.316 e. The average Bonchev–Trinajstić information content (AvgIpc) is 2.53. The molecule has 2 rings (SSSR count). The summed E-state index contributed by atoms with van der Waals surface area (Å²) in [7, 11) is 1.71. The third-order valence-corrected chi connectivity index (χ3v) is 3.18. The van der Waals surface area contributed by atoms with Gasteiger partial charge in [-0.05, 0) is 42.0 Å². The number of benzene rings is 2. The molecule has 22 heavy (non-hydrogen) atoms. The third-order valence-electron chi connectivity index (χ3n) is 3.18. The first kappa shape index (κ1) is 15.4. The maximum absolute atomic E-state index is 11.3. The van der Waals surface area contributed by atoms with Gasteiger partial charge in [-0.1, -0.05) is 0 Å². The Morgan fingerprint density at radius 1 is 1.14 bits per heavy atom. The van der Waals surface area contributed by atoms with Crippen molar-refractivity contribution >= 4 is 29.2 Å². The quantitative estimate of drug-likeness (QED) is 0.493.